The van der Waals surface area contributed by atoms with E-state index in [1.165, 1.54) is 0 Å². The second-order valence-electron chi connectivity index (χ2n) is 4.71. The molecule has 0 aromatic carbocycles. The average molecular weight is 227 g/mol. The van der Waals surface area contributed by atoms with E-state index < -0.39 is 18.0 Å². The standard InChI is InChI=1S/C11H17NO4/c13-7-4-5-12(6-7)10(14)8-2-1-3-9(8)11(15)16/h7-9,13H,1-6H2,(H,15,16)/t7-,8+,9-/m0/s1. The SMILES string of the molecule is O=C(O)[C@H]1CCC[C@H]1C(=O)N1CC[C@H](O)C1. The van der Waals surface area contributed by atoms with Gasteiger partial charge in [-0.3, -0.25) is 9.59 Å². The molecule has 16 heavy (non-hydrogen) atoms. The average Bonchev–Trinajstić information content (AvgIpc) is 2.84. The number of nitrogens with zero attached hydrogens (tertiary/aromatic N) is 1. The van der Waals surface area contributed by atoms with Gasteiger partial charge in [0.15, 0.2) is 0 Å². The van der Waals surface area contributed by atoms with Gasteiger partial charge >= 0.3 is 5.97 Å². The number of carboxylic acids is 1. The summed E-state index contributed by atoms with van der Waals surface area (Å²) in [5, 5.41) is 18.4. The summed E-state index contributed by atoms with van der Waals surface area (Å²) >= 11 is 0. The van der Waals surface area contributed by atoms with E-state index in [0.29, 0.717) is 32.4 Å². The first-order chi connectivity index (χ1) is 7.59. The summed E-state index contributed by atoms with van der Waals surface area (Å²) < 4.78 is 0. The lowest BCUT2D eigenvalue weighted by molar-refractivity contribution is -0.148. The number of hydrogen-bond acceptors (Lipinski definition) is 3. The monoisotopic (exact) mass is 227 g/mol. The van der Waals surface area contributed by atoms with Crippen molar-refractivity contribution in [2.45, 2.75) is 31.8 Å². The third-order valence-electron chi connectivity index (χ3n) is 3.63. The molecular formula is C11H17NO4. The van der Waals surface area contributed by atoms with Crippen LogP contribution in [0.3, 0.4) is 0 Å². The maximum absolute atomic E-state index is 12.1. The minimum absolute atomic E-state index is 0.0820. The highest BCUT2D eigenvalue weighted by Crippen LogP contribution is 2.34. The fourth-order valence-electron chi connectivity index (χ4n) is 2.73. The van der Waals surface area contributed by atoms with Crippen molar-refractivity contribution in [2.75, 3.05) is 13.1 Å². The van der Waals surface area contributed by atoms with Gasteiger partial charge in [-0.1, -0.05) is 6.42 Å². The predicted octanol–water partition coefficient (Wildman–Crippen LogP) is 0.0805. The van der Waals surface area contributed by atoms with Gasteiger partial charge < -0.3 is 15.1 Å². The normalized spacial score (nSPS) is 34.3. The van der Waals surface area contributed by atoms with E-state index in [0.717, 1.165) is 6.42 Å². The van der Waals surface area contributed by atoms with Gasteiger partial charge in [0.1, 0.15) is 0 Å². The summed E-state index contributed by atoms with van der Waals surface area (Å²) in [5.41, 5.74) is 0. The van der Waals surface area contributed by atoms with Gasteiger partial charge in [0, 0.05) is 13.1 Å². The van der Waals surface area contributed by atoms with Crippen LogP contribution in [0.2, 0.25) is 0 Å². The van der Waals surface area contributed by atoms with Crippen molar-refractivity contribution in [3.8, 4) is 0 Å². The minimum atomic E-state index is -0.865. The third kappa shape index (κ3) is 2.04. The molecule has 3 atom stereocenters. The van der Waals surface area contributed by atoms with Crippen LogP contribution in [0.25, 0.3) is 0 Å². The first-order valence-electron chi connectivity index (χ1n) is 5.79. The van der Waals surface area contributed by atoms with E-state index in [-0.39, 0.29) is 11.8 Å². The van der Waals surface area contributed by atoms with Crippen molar-refractivity contribution in [2.24, 2.45) is 11.8 Å². The lowest BCUT2D eigenvalue weighted by atomic mass is 9.95. The van der Waals surface area contributed by atoms with E-state index in [1.807, 2.05) is 0 Å². The number of carbonyl (C=O) groups is 2. The van der Waals surface area contributed by atoms with Crippen LogP contribution in [0.5, 0.6) is 0 Å². The molecule has 1 saturated heterocycles. The lowest BCUT2D eigenvalue weighted by Gasteiger charge is -2.22. The molecule has 2 rings (SSSR count). The van der Waals surface area contributed by atoms with Crippen molar-refractivity contribution in [1.82, 2.24) is 4.90 Å². The fraction of sp³-hybridized carbons (Fsp3) is 0.818. The van der Waals surface area contributed by atoms with Crippen LogP contribution < -0.4 is 0 Å². The van der Waals surface area contributed by atoms with Crippen LogP contribution in [0, 0.1) is 11.8 Å². The molecule has 0 aromatic heterocycles. The van der Waals surface area contributed by atoms with E-state index in [4.69, 9.17) is 5.11 Å². The number of aliphatic hydroxyl groups is 1. The van der Waals surface area contributed by atoms with Gasteiger partial charge in [0.25, 0.3) is 0 Å². The molecule has 2 aliphatic rings. The molecule has 2 fully saturated rings. The van der Waals surface area contributed by atoms with Crippen molar-refractivity contribution < 1.29 is 19.8 Å². The van der Waals surface area contributed by atoms with Gasteiger partial charge in [-0.2, -0.15) is 0 Å². The van der Waals surface area contributed by atoms with Crippen LogP contribution in [0.15, 0.2) is 0 Å². The van der Waals surface area contributed by atoms with Gasteiger partial charge in [-0.25, -0.2) is 0 Å². The molecule has 0 aromatic rings. The zero-order valence-electron chi connectivity index (χ0n) is 9.13. The molecule has 2 N–H and O–H groups in total. The number of aliphatic hydroxyl groups excluding tert-OH is 1. The number of rotatable bonds is 2. The van der Waals surface area contributed by atoms with E-state index >= 15 is 0 Å². The Morgan fingerprint density at radius 3 is 2.38 bits per heavy atom. The number of likely N-dealkylation sites (tertiary alicyclic amines) is 1. The van der Waals surface area contributed by atoms with Gasteiger partial charge in [-0.05, 0) is 19.3 Å². The van der Waals surface area contributed by atoms with Gasteiger partial charge in [-0.15, -0.1) is 0 Å². The minimum Gasteiger partial charge on any atom is -0.481 e. The third-order valence-corrected chi connectivity index (χ3v) is 3.63. The zero-order valence-corrected chi connectivity index (χ0v) is 9.13. The number of carboxylic acid groups (broad SMARTS) is 1. The van der Waals surface area contributed by atoms with Crippen LogP contribution >= 0.6 is 0 Å². The van der Waals surface area contributed by atoms with Crippen LogP contribution in [0.1, 0.15) is 25.7 Å². The molecule has 0 unspecified atom stereocenters. The Balaban J connectivity index is 2.01. The quantitative estimate of drug-likeness (QED) is 0.700. The van der Waals surface area contributed by atoms with Crippen molar-refractivity contribution in [1.29, 1.82) is 0 Å². The summed E-state index contributed by atoms with van der Waals surface area (Å²) in [5.74, 6) is -1.84. The largest absolute Gasteiger partial charge is 0.481 e. The Labute approximate surface area is 94.0 Å². The number of aliphatic carboxylic acids is 1. The van der Waals surface area contributed by atoms with Gasteiger partial charge in [0.2, 0.25) is 5.91 Å². The first-order valence-corrected chi connectivity index (χ1v) is 5.79. The van der Waals surface area contributed by atoms with Crippen molar-refractivity contribution in [3.63, 3.8) is 0 Å². The van der Waals surface area contributed by atoms with E-state index in [9.17, 15) is 14.7 Å². The summed E-state index contributed by atoms with van der Waals surface area (Å²) in [6.07, 6.45) is 2.25. The summed E-state index contributed by atoms with van der Waals surface area (Å²) in [6.45, 7) is 0.921. The molecule has 90 valence electrons. The summed E-state index contributed by atoms with van der Waals surface area (Å²) in [6, 6.07) is 0. The molecular weight excluding hydrogens is 210 g/mol. The predicted molar refractivity (Wildman–Crippen MR) is 55.7 cm³/mol. The van der Waals surface area contributed by atoms with E-state index in [1.54, 1.807) is 4.90 Å². The second kappa shape index (κ2) is 4.41. The highest BCUT2D eigenvalue weighted by Gasteiger charge is 2.40. The first kappa shape index (κ1) is 11.4. The van der Waals surface area contributed by atoms with Crippen LogP contribution in [0.4, 0.5) is 0 Å². The number of hydrogen-bond donors (Lipinski definition) is 2. The van der Waals surface area contributed by atoms with Crippen LogP contribution in [-0.2, 0) is 9.59 Å². The summed E-state index contributed by atoms with van der Waals surface area (Å²) in [7, 11) is 0. The van der Waals surface area contributed by atoms with Crippen molar-refractivity contribution >= 4 is 11.9 Å². The maximum Gasteiger partial charge on any atom is 0.307 e. The summed E-state index contributed by atoms with van der Waals surface area (Å²) in [4.78, 5) is 24.6. The lowest BCUT2D eigenvalue weighted by Crippen LogP contribution is -2.38. The molecule has 1 amide bonds. The second-order valence-corrected chi connectivity index (χ2v) is 4.71. The molecule has 1 aliphatic carbocycles. The van der Waals surface area contributed by atoms with Crippen molar-refractivity contribution in [3.05, 3.63) is 0 Å². The zero-order chi connectivity index (χ0) is 11.7. The molecule has 1 saturated carbocycles. The van der Waals surface area contributed by atoms with Gasteiger partial charge in [0.05, 0.1) is 17.9 Å². The number of carbonyl (C=O) groups excluding carboxylic acids is 1. The molecule has 1 aliphatic heterocycles. The fourth-order valence-corrected chi connectivity index (χ4v) is 2.73. The van der Waals surface area contributed by atoms with E-state index in [2.05, 4.69) is 0 Å². The highest BCUT2D eigenvalue weighted by molar-refractivity contribution is 5.85. The Bertz CT molecular complexity index is 304. The smallest absolute Gasteiger partial charge is 0.307 e. The molecule has 0 bridgehead atoms. The highest BCUT2D eigenvalue weighted by atomic mass is 16.4. The topological polar surface area (TPSA) is 77.8 Å². The van der Waals surface area contributed by atoms with Crippen LogP contribution in [-0.4, -0.2) is 46.2 Å². The Kier molecular flexibility index (Phi) is 3.14. The molecule has 0 spiro atoms. The number of β-amino-alcohol motifs (C(OH)–C–C–N with tert-alkyl or cyclic N) is 1. The molecule has 5 heteroatoms. The Morgan fingerprint density at radius 1 is 1.12 bits per heavy atom. The Hall–Kier alpha value is -1.10. The molecule has 5 nitrogen and oxygen atoms in total. The molecule has 0 radical (unpaired) electrons. The Morgan fingerprint density at radius 2 is 1.81 bits per heavy atom. The maximum atomic E-state index is 12.1. The molecule has 1 heterocycles. The number of amides is 1.